The van der Waals surface area contributed by atoms with Gasteiger partial charge in [-0.25, -0.2) is 0 Å². The number of aromatic nitrogens is 3. The van der Waals surface area contributed by atoms with Crippen LogP contribution in [0.1, 0.15) is 5.56 Å². The second-order valence-corrected chi connectivity index (χ2v) is 5.40. The third kappa shape index (κ3) is 3.71. The van der Waals surface area contributed by atoms with Crippen LogP contribution in [0.2, 0.25) is 5.02 Å². The van der Waals surface area contributed by atoms with Crippen LogP contribution in [0.15, 0.2) is 29.7 Å². The first-order valence-corrected chi connectivity index (χ1v) is 6.95. The molecule has 0 bridgehead atoms. The molecule has 0 spiro atoms. The van der Waals surface area contributed by atoms with Crippen LogP contribution in [0, 0.1) is 6.92 Å². The molecule has 0 unspecified atom stereocenters. The van der Waals surface area contributed by atoms with Crippen molar-refractivity contribution in [1.29, 1.82) is 0 Å². The van der Waals surface area contributed by atoms with Gasteiger partial charge in [-0.1, -0.05) is 29.4 Å². The standard InChI is InChI=1S/C12H13ClN4OS/c1-8-3-4-9(13)5-10(8)15-11(18)6-19-12-16-14-7-17(12)2/h3-5,7H,6H2,1-2H3,(H,15,18). The van der Waals surface area contributed by atoms with E-state index in [0.717, 1.165) is 11.3 Å². The van der Waals surface area contributed by atoms with Gasteiger partial charge in [0.2, 0.25) is 5.91 Å². The van der Waals surface area contributed by atoms with E-state index in [4.69, 9.17) is 11.6 Å². The van der Waals surface area contributed by atoms with Gasteiger partial charge in [-0.15, -0.1) is 10.2 Å². The number of carbonyl (C=O) groups excluding carboxylic acids is 1. The molecule has 1 amide bonds. The van der Waals surface area contributed by atoms with E-state index in [0.29, 0.717) is 10.2 Å². The van der Waals surface area contributed by atoms with Crippen molar-refractivity contribution in [2.75, 3.05) is 11.1 Å². The average Bonchev–Trinajstić information content (AvgIpc) is 2.77. The summed E-state index contributed by atoms with van der Waals surface area (Å²) in [5, 5.41) is 11.8. The molecule has 0 aliphatic heterocycles. The third-order valence-corrected chi connectivity index (χ3v) is 3.75. The highest BCUT2D eigenvalue weighted by Gasteiger charge is 2.08. The Morgan fingerprint density at radius 1 is 1.53 bits per heavy atom. The third-order valence-electron chi connectivity index (χ3n) is 2.48. The summed E-state index contributed by atoms with van der Waals surface area (Å²) < 4.78 is 1.77. The lowest BCUT2D eigenvalue weighted by molar-refractivity contribution is -0.113. The number of rotatable bonds is 4. The molecule has 0 saturated carbocycles. The molecule has 0 aliphatic rings. The Labute approximate surface area is 120 Å². The smallest absolute Gasteiger partial charge is 0.234 e. The van der Waals surface area contributed by atoms with Crippen molar-refractivity contribution in [3.63, 3.8) is 0 Å². The van der Waals surface area contributed by atoms with E-state index >= 15 is 0 Å². The largest absolute Gasteiger partial charge is 0.325 e. The maximum absolute atomic E-state index is 11.8. The maximum atomic E-state index is 11.8. The Balaban J connectivity index is 1.94. The number of nitrogens with one attached hydrogen (secondary N) is 1. The zero-order valence-electron chi connectivity index (χ0n) is 10.6. The van der Waals surface area contributed by atoms with Crippen LogP contribution in [0.3, 0.4) is 0 Å². The zero-order valence-corrected chi connectivity index (χ0v) is 12.1. The summed E-state index contributed by atoms with van der Waals surface area (Å²) in [4.78, 5) is 11.8. The fourth-order valence-electron chi connectivity index (χ4n) is 1.45. The van der Waals surface area contributed by atoms with E-state index in [1.807, 2.05) is 20.0 Å². The quantitative estimate of drug-likeness (QED) is 0.881. The number of carbonyl (C=O) groups is 1. The van der Waals surface area contributed by atoms with Gasteiger partial charge in [0.1, 0.15) is 6.33 Å². The molecule has 0 saturated heterocycles. The first kappa shape index (κ1) is 13.9. The number of anilines is 1. The van der Waals surface area contributed by atoms with Gasteiger partial charge in [0.15, 0.2) is 5.16 Å². The summed E-state index contributed by atoms with van der Waals surface area (Å²) in [6.07, 6.45) is 1.60. The van der Waals surface area contributed by atoms with E-state index < -0.39 is 0 Å². The maximum Gasteiger partial charge on any atom is 0.234 e. The van der Waals surface area contributed by atoms with Crippen molar-refractivity contribution >= 4 is 35.0 Å². The Hall–Kier alpha value is -1.53. The Bertz CT molecular complexity index is 599. The number of amides is 1. The van der Waals surface area contributed by atoms with Crippen LogP contribution in [0.5, 0.6) is 0 Å². The van der Waals surface area contributed by atoms with Gasteiger partial charge < -0.3 is 9.88 Å². The van der Waals surface area contributed by atoms with E-state index in [2.05, 4.69) is 15.5 Å². The number of nitrogens with zero attached hydrogens (tertiary/aromatic N) is 3. The predicted molar refractivity (Wildman–Crippen MR) is 76.5 cm³/mol. The molecule has 0 fully saturated rings. The minimum absolute atomic E-state index is 0.0987. The van der Waals surface area contributed by atoms with Gasteiger partial charge in [0, 0.05) is 17.8 Å². The fourth-order valence-corrected chi connectivity index (χ4v) is 2.31. The monoisotopic (exact) mass is 296 g/mol. The molecule has 100 valence electrons. The predicted octanol–water partition coefficient (Wildman–Crippen LogP) is 2.51. The van der Waals surface area contributed by atoms with Crippen LogP contribution >= 0.6 is 23.4 Å². The van der Waals surface area contributed by atoms with E-state index in [-0.39, 0.29) is 11.7 Å². The minimum atomic E-state index is -0.0987. The van der Waals surface area contributed by atoms with Gasteiger partial charge in [-0.2, -0.15) is 0 Å². The Morgan fingerprint density at radius 2 is 2.32 bits per heavy atom. The molecule has 19 heavy (non-hydrogen) atoms. The molecule has 0 radical (unpaired) electrons. The summed E-state index contributed by atoms with van der Waals surface area (Å²) >= 11 is 7.24. The van der Waals surface area contributed by atoms with Crippen molar-refractivity contribution in [3.05, 3.63) is 35.1 Å². The van der Waals surface area contributed by atoms with E-state index in [1.54, 1.807) is 23.0 Å². The SMILES string of the molecule is Cc1ccc(Cl)cc1NC(=O)CSc1nncn1C. The number of thioether (sulfide) groups is 1. The van der Waals surface area contributed by atoms with Gasteiger partial charge in [-0.05, 0) is 24.6 Å². The Kier molecular flexibility index (Phi) is 4.44. The molecular formula is C12H13ClN4OS. The van der Waals surface area contributed by atoms with Crippen LogP contribution in [-0.2, 0) is 11.8 Å². The van der Waals surface area contributed by atoms with Crippen LogP contribution in [0.4, 0.5) is 5.69 Å². The molecule has 1 aromatic carbocycles. The molecule has 0 atom stereocenters. The lowest BCUT2D eigenvalue weighted by Gasteiger charge is -2.08. The van der Waals surface area contributed by atoms with Crippen LogP contribution in [-0.4, -0.2) is 26.4 Å². The number of benzene rings is 1. The van der Waals surface area contributed by atoms with E-state index in [1.165, 1.54) is 11.8 Å². The molecule has 2 aromatic rings. The molecule has 5 nitrogen and oxygen atoms in total. The lowest BCUT2D eigenvalue weighted by Crippen LogP contribution is -2.15. The van der Waals surface area contributed by atoms with Gasteiger partial charge in [0.05, 0.1) is 5.75 Å². The van der Waals surface area contributed by atoms with Crippen molar-refractivity contribution in [3.8, 4) is 0 Å². The first-order valence-electron chi connectivity index (χ1n) is 5.59. The fraction of sp³-hybridized carbons (Fsp3) is 0.250. The summed E-state index contributed by atoms with van der Waals surface area (Å²) in [6.45, 7) is 1.92. The van der Waals surface area contributed by atoms with Gasteiger partial charge in [0.25, 0.3) is 0 Å². The van der Waals surface area contributed by atoms with Crippen molar-refractivity contribution < 1.29 is 4.79 Å². The minimum Gasteiger partial charge on any atom is -0.325 e. The number of hydrogen-bond donors (Lipinski definition) is 1. The summed E-state index contributed by atoms with van der Waals surface area (Å²) in [5.41, 5.74) is 1.71. The van der Waals surface area contributed by atoms with Gasteiger partial charge >= 0.3 is 0 Å². The van der Waals surface area contributed by atoms with Crippen LogP contribution in [0.25, 0.3) is 0 Å². The number of halogens is 1. The molecule has 1 heterocycles. The van der Waals surface area contributed by atoms with Crippen molar-refractivity contribution in [2.45, 2.75) is 12.1 Å². The van der Waals surface area contributed by atoms with Crippen molar-refractivity contribution in [1.82, 2.24) is 14.8 Å². The second-order valence-electron chi connectivity index (χ2n) is 4.02. The Morgan fingerprint density at radius 3 is 3.00 bits per heavy atom. The average molecular weight is 297 g/mol. The molecule has 2 rings (SSSR count). The zero-order chi connectivity index (χ0) is 13.8. The number of aryl methyl sites for hydroxylation is 2. The molecule has 1 aromatic heterocycles. The first-order chi connectivity index (χ1) is 9.06. The van der Waals surface area contributed by atoms with E-state index in [9.17, 15) is 4.79 Å². The second kappa shape index (κ2) is 6.08. The summed E-state index contributed by atoms with van der Waals surface area (Å²) in [5.74, 6) is 0.178. The van der Waals surface area contributed by atoms with Crippen molar-refractivity contribution in [2.24, 2.45) is 7.05 Å². The molecule has 7 heteroatoms. The summed E-state index contributed by atoms with van der Waals surface area (Å²) in [6, 6.07) is 5.40. The highest BCUT2D eigenvalue weighted by Crippen LogP contribution is 2.21. The lowest BCUT2D eigenvalue weighted by atomic mass is 10.2. The normalized spacial score (nSPS) is 10.5. The molecule has 1 N–H and O–H groups in total. The highest BCUT2D eigenvalue weighted by atomic mass is 35.5. The topological polar surface area (TPSA) is 59.8 Å². The number of hydrogen-bond acceptors (Lipinski definition) is 4. The molecule has 0 aliphatic carbocycles. The highest BCUT2D eigenvalue weighted by molar-refractivity contribution is 7.99. The summed E-state index contributed by atoms with van der Waals surface area (Å²) in [7, 11) is 1.83. The molecular weight excluding hydrogens is 284 g/mol. The van der Waals surface area contributed by atoms with Gasteiger partial charge in [-0.3, -0.25) is 4.79 Å². The van der Waals surface area contributed by atoms with Crippen LogP contribution < -0.4 is 5.32 Å².